The highest BCUT2D eigenvalue weighted by atomic mass is 16.5. The molecule has 2 aromatic carbocycles. The van der Waals surface area contributed by atoms with Crippen molar-refractivity contribution in [3.8, 4) is 17.1 Å². The summed E-state index contributed by atoms with van der Waals surface area (Å²) in [6.45, 7) is 3.66. The number of nitrogens with zero attached hydrogens (tertiary/aromatic N) is 2. The molecule has 2 heterocycles. The van der Waals surface area contributed by atoms with Crippen LogP contribution >= 0.6 is 0 Å². The molecule has 0 spiro atoms. The predicted molar refractivity (Wildman–Crippen MR) is 107 cm³/mol. The molecule has 3 aromatic rings. The van der Waals surface area contributed by atoms with E-state index in [-0.39, 0.29) is 5.91 Å². The first-order valence-electron chi connectivity index (χ1n) is 9.54. The molecule has 1 atom stereocenters. The number of ether oxygens (including phenoxy) is 1. The lowest BCUT2D eigenvalue weighted by atomic mass is 10.1. The van der Waals surface area contributed by atoms with Crippen molar-refractivity contribution in [3.63, 3.8) is 0 Å². The number of hydrogen-bond donors (Lipinski definition) is 1. The van der Waals surface area contributed by atoms with Crippen molar-refractivity contribution >= 4 is 11.6 Å². The zero-order valence-electron chi connectivity index (χ0n) is 15.8. The van der Waals surface area contributed by atoms with Crippen molar-refractivity contribution < 1.29 is 14.1 Å². The Hall–Kier alpha value is -3.28. The summed E-state index contributed by atoms with van der Waals surface area (Å²) in [5.74, 6) is 1.35. The molecule has 0 saturated heterocycles. The third-order valence-corrected chi connectivity index (χ3v) is 4.67. The second-order valence-corrected chi connectivity index (χ2v) is 6.79. The third kappa shape index (κ3) is 3.86. The molecule has 28 heavy (non-hydrogen) atoms. The first kappa shape index (κ1) is 18.1. The molecule has 0 saturated carbocycles. The van der Waals surface area contributed by atoms with Crippen molar-refractivity contribution in [1.29, 1.82) is 0 Å². The van der Waals surface area contributed by atoms with Gasteiger partial charge in [-0.2, -0.15) is 0 Å². The lowest BCUT2D eigenvalue weighted by Gasteiger charge is -2.35. The molecular formula is C22H23N3O3. The van der Waals surface area contributed by atoms with Crippen molar-refractivity contribution in [1.82, 2.24) is 10.5 Å². The lowest BCUT2D eigenvalue weighted by Crippen LogP contribution is -2.48. The molecule has 1 aliphatic heterocycles. The number of benzene rings is 2. The molecule has 0 unspecified atom stereocenters. The number of aromatic nitrogens is 1. The largest absolute Gasteiger partial charge is 0.477 e. The SMILES string of the molecule is CCCNC(=O)[C@H]1CN(Cc2cc(-c3ccccc3)on2)c2ccccc2O1. The molecule has 4 rings (SSSR count). The van der Waals surface area contributed by atoms with Crippen LogP contribution in [0.25, 0.3) is 11.3 Å². The van der Waals surface area contributed by atoms with Crippen LogP contribution in [-0.2, 0) is 11.3 Å². The van der Waals surface area contributed by atoms with Crippen LogP contribution in [0.3, 0.4) is 0 Å². The van der Waals surface area contributed by atoms with Gasteiger partial charge in [0.1, 0.15) is 11.4 Å². The second kappa shape index (κ2) is 8.17. The summed E-state index contributed by atoms with van der Waals surface area (Å²) in [6.07, 6.45) is 0.335. The molecule has 0 fully saturated rings. The zero-order valence-corrected chi connectivity index (χ0v) is 15.8. The summed E-state index contributed by atoms with van der Waals surface area (Å²) in [6, 6.07) is 19.6. The smallest absolute Gasteiger partial charge is 0.262 e. The number of anilines is 1. The zero-order chi connectivity index (χ0) is 19.3. The van der Waals surface area contributed by atoms with Crippen molar-refractivity contribution in [3.05, 3.63) is 66.4 Å². The van der Waals surface area contributed by atoms with E-state index in [1.165, 1.54) is 0 Å². The number of para-hydroxylation sites is 2. The van der Waals surface area contributed by atoms with E-state index in [0.717, 1.165) is 29.1 Å². The highest BCUT2D eigenvalue weighted by molar-refractivity contribution is 5.83. The van der Waals surface area contributed by atoms with Crippen molar-refractivity contribution in [2.24, 2.45) is 0 Å². The molecule has 1 aliphatic rings. The van der Waals surface area contributed by atoms with E-state index in [2.05, 4.69) is 15.4 Å². The summed E-state index contributed by atoms with van der Waals surface area (Å²) in [4.78, 5) is 14.6. The molecule has 1 amide bonds. The highest BCUT2D eigenvalue weighted by Crippen LogP contribution is 2.34. The van der Waals surface area contributed by atoms with E-state index in [1.54, 1.807) is 0 Å². The normalized spacial score (nSPS) is 15.6. The molecule has 1 aromatic heterocycles. The van der Waals surface area contributed by atoms with Crippen LogP contribution in [0.15, 0.2) is 65.2 Å². The fourth-order valence-electron chi connectivity index (χ4n) is 3.28. The van der Waals surface area contributed by atoms with Gasteiger partial charge >= 0.3 is 0 Å². The predicted octanol–water partition coefficient (Wildman–Crippen LogP) is 3.64. The number of hydrogen-bond acceptors (Lipinski definition) is 5. The molecule has 0 bridgehead atoms. The van der Waals surface area contributed by atoms with Crippen LogP contribution in [-0.4, -0.2) is 30.3 Å². The Morgan fingerprint density at radius 1 is 1.18 bits per heavy atom. The minimum Gasteiger partial charge on any atom is -0.477 e. The Bertz CT molecular complexity index is 939. The maximum absolute atomic E-state index is 12.5. The minimum atomic E-state index is -0.554. The van der Waals surface area contributed by atoms with Gasteiger partial charge in [0.15, 0.2) is 11.9 Å². The van der Waals surface area contributed by atoms with Gasteiger partial charge < -0.3 is 19.5 Å². The Balaban J connectivity index is 1.54. The Morgan fingerprint density at radius 2 is 1.96 bits per heavy atom. The molecule has 144 valence electrons. The van der Waals surface area contributed by atoms with Crippen LogP contribution in [0.1, 0.15) is 19.0 Å². The average Bonchev–Trinajstić information content (AvgIpc) is 3.21. The van der Waals surface area contributed by atoms with Crippen LogP contribution in [0.2, 0.25) is 0 Å². The fourth-order valence-corrected chi connectivity index (χ4v) is 3.28. The van der Waals surface area contributed by atoms with Gasteiger partial charge in [0.05, 0.1) is 18.8 Å². The number of carbonyl (C=O) groups is 1. The Kier molecular flexibility index (Phi) is 5.28. The Morgan fingerprint density at radius 3 is 2.79 bits per heavy atom. The van der Waals surface area contributed by atoms with Gasteiger partial charge in [0.2, 0.25) is 0 Å². The van der Waals surface area contributed by atoms with Gasteiger partial charge in [-0.15, -0.1) is 0 Å². The third-order valence-electron chi connectivity index (χ3n) is 4.67. The Labute approximate surface area is 164 Å². The summed E-state index contributed by atoms with van der Waals surface area (Å²) in [7, 11) is 0. The molecule has 0 aliphatic carbocycles. The molecule has 6 nitrogen and oxygen atoms in total. The van der Waals surface area contributed by atoms with E-state index in [4.69, 9.17) is 9.26 Å². The van der Waals surface area contributed by atoms with Gasteiger partial charge in [-0.25, -0.2) is 0 Å². The number of nitrogens with one attached hydrogen (secondary N) is 1. The lowest BCUT2D eigenvalue weighted by molar-refractivity contribution is -0.127. The number of amides is 1. The van der Waals surface area contributed by atoms with Crippen LogP contribution in [0, 0.1) is 0 Å². The van der Waals surface area contributed by atoms with E-state index in [0.29, 0.717) is 25.4 Å². The highest BCUT2D eigenvalue weighted by Gasteiger charge is 2.30. The molecule has 0 radical (unpaired) electrons. The monoisotopic (exact) mass is 377 g/mol. The number of carbonyl (C=O) groups excluding carboxylic acids is 1. The number of rotatable bonds is 6. The van der Waals surface area contributed by atoms with E-state index < -0.39 is 6.10 Å². The first-order chi connectivity index (χ1) is 13.7. The topological polar surface area (TPSA) is 67.6 Å². The standard InChI is InChI=1S/C22H23N3O3/c1-2-12-23-22(26)21-15-25(18-10-6-7-11-19(18)27-21)14-17-13-20(28-24-17)16-8-4-3-5-9-16/h3-11,13,21H,2,12,14-15H2,1H3,(H,23,26)/t21-/m1/s1. The van der Waals surface area contributed by atoms with Crippen LogP contribution in [0.4, 0.5) is 5.69 Å². The van der Waals surface area contributed by atoms with E-state index >= 15 is 0 Å². The van der Waals surface area contributed by atoms with Crippen molar-refractivity contribution in [2.45, 2.75) is 26.0 Å². The summed E-state index contributed by atoms with van der Waals surface area (Å²) < 4.78 is 11.5. The maximum Gasteiger partial charge on any atom is 0.262 e. The quantitative estimate of drug-likeness (QED) is 0.710. The van der Waals surface area contributed by atoms with Gasteiger partial charge in [-0.3, -0.25) is 4.79 Å². The van der Waals surface area contributed by atoms with Gasteiger partial charge in [0.25, 0.3) is 5.91 Å². The fraction of sp³-hybridized carbons (Fsp3) is 0.273. The number of fused-ring (bicyclic) bond motifs is 1. The average molecular weight is 377 g/mol. The summed E-state index contributed by atoms with van der Waals surface area (Å²) >= 11 is 0. The first-order valence-corrected chi connectivity index (χ1v) is 9.54. The van der Waals surface area contributed by atoms with E-state index in [1.807, 2.05) is 67.6 Å². The maximum atomic E-state index is 12.5. The summed E-state index contributed by atoms with van der Waals surface area (Å²) in [5.41, 5.74) is 2.75. The van der Waals surface area contributed by atoms with Crippen LogP contribution in [0.5, 0.6) is 5.75 Å². The minimum absolute atomic E-state index is 0.0912. The van der Waals surface area contributed by atoms with Gasteiger partial charge in [0, 0.05) is 18.2 Å². The van der Waals surface area contributed by atoms with Crippen molar-refractivity contribution in [2.75, 3.05) is 18.0 Å². The van der Waals surface area contributed by atoms with E-state index in [9.17, 15) is 4.79 Å². The molecule has 6 heteroatoms. The summed E-state index contributed by atoms with van der Waals surface area (Å²) in [5, 5.41) is 7.14. The van der Waals surface area contributed by atoms with Crippen LogP contribution < -0.4 is 15.0 Å². The van der Waals surface area contributed by atoms with Gasteiger partial charge in [-0.1, -0.05) is 54.5 Å². The second-order valence-electron chi connectivity index (χ2n) is 6.79. The molecule has 1 N–H and O–H groups in total. The molecular weight excluding hydrogens is 354 g/mol. The van der Waals surface area contributed by atoms with Gasteiger partial charge in [-0.05, 0) is 18.6 Å².